The summed E-state index contributed by atoms with van der Waals surface area (Å²) in [7, 11) is 0. The van der Waals surface area contributed by atoms with E-state index in [2.05, 4.69) is 0 Å². The van der Waals surface area contributed by atoms with Gasteiger partial charge in [-0.3, -0.25) is 9.59 Å². The highest BCUT2D eigenvalue weighted by Crippen LogP contribution is 2.40. The number of rotatable bonds is 4. The number of carbonyl (C=O) groups is 1. The van der Waals surface area contributed by atoms with Crippen molar-refractivity contribution < 1.29 is 27.8 Å². The molecule has 1 atom stereocenters. The van der Waals surface area contributed by atoms with Crippen LogP contribution in [-0.2, 0) is 4.74 Å². The van der Waals surface area contributed by atoms with Gasteiger partial charge in [-0.2, -0.15) is 0 Å². The number of carbonyl (C=O) groups excluding carboxylic acids is 1. The minimum Gasteiger partial charge on any atom is -0.440 e. The van der Waals surface area contributed by atoms with Crippen LogP contribution in [0.4, 0.5) is 20.4 Å². The van der Waals surface area contributed by atoms with Crippen molar-refractivity contribution in [2.24, 2.45) is 0 Å². The monoisotopic (exact) mass is 539 g/mol. The zero-order valence-corrected chi connectivity index (χ0v) is 21.6. The number of amides is 1. The van der Waals surface area contributed by atoms with Crippen molar-refractivity contribution in [3.05, 3.63) is 69.4 Å². The molecule has 1 aromatic heterocycles. The molecule has 1 N–H and O–H groups in total. The van der Waals surface area contributed by atoms with Crippen LogP contribution in [0.15, 0.2) is 45.6 Å². The molecule has 4 heterocycles. The molecule has 3 fully saturated rings. The molecule has 8 nitrogen and oxygen atoms in total. The molecule has 3 aliphatic rings. The first-order chi connectivity index (χ1) is 18.9. The Balaban J connectivity index is 1.48. The van der Waals surface area contributed by atoms with Crippen LogP contribution in [0.3, 0.4) is 0 Å². The van der Waals surface area contributed by atoms with E-state index in [1.165, 1.54) is 18.2 Å². The molecule has 2 aromatic carbocycles. The number of likely N-dealkylation sites (tertiary alicyclic amines) is 1. The lowest BCUT2D eigenvalue weighted by Gasteiger charge is -2.31. The van der Waals surface area contributed by atoms with Gasteiger partial charge in [-0.05, 0) is 49.9 Å². The zero-order chi connectivity index (χ0) is 27.1. The van der Waals surface area contributed by atoms with E-state index >= 15 is 0 Å². The van der Waals surface area contributed by atoms with Gasteiger partial charge in [0.1, 0.15) is 17.2 Å². The second-order valence-electron chi connectivity index (χ2n) is 10.5. The second-order valence-corrected chi connectivity index (χ2v) is 10.5. The number of aliphatic hydroxyl groups excluding tert-OH is 1. The van der Waals surface area contributed by atoms with Crippen molar-refractivity contribution in [2.75, 3.05) is 55.7 Å². The SMILES string of the molecule is O=C(c1cc(C2CCCN2c2cc(F)cc(F)c2)c2oc(N3CCOCC3)cc(=O)c2c1)N1CCC(O)CC1. The Kier molecular flexibility index (Phi) is 6.99. The quantitative estimate of drug-likeness (QED) is 0.539. The van der Waals surface area contributed by atoms with Crippen LogP contribution in [0.25, 0.3) is 11.0 Å². The van der Waals surface area contributed by atoms with Gasteiger partial charge in [-0.15, -0.1) is 0 Å². The topological polar surface area (TPSA) is 86.5 Å². The normalized spacial score (nSPS) is 20.7. The highest BCUT2D eigenvalue weighted by molar-refractivity contribution is 5.99. The number of anilines is 2. The number of benzene rings is 2. The fourth-order valence-electron chi connectivity index (χ4n) is 5.94. The third-order valence-corrected chi connectivity index (χ3v) is 7.96. The van der Waals surface area contributed by atoms with Crippen LogP contribution in [0.5, 0.6) is 0 Å². The highest BCUT2D eigenvalue weighted by Gasteiger charge is 2.32. The van der Waals surface area contributed by atoms with Crippen LogP contribution in [0.1, 0.15) is 47.6 Å². The van der Waals surface area contributed by atoms with E-state index in [0.717, 1.165) is 12.5 Å². The third kappa shape index (κ3) is 5.10. The summed E-state index contributed by atoms with van der Waals surface area (Å²) in [5.74, 6) is -1.12. The lowest BCUT2D eigenvalue weighted by molar-refractivity contribution is 0.0546. The van der Waals surface area contributed by atoms with Gasteiger partial charge in [0.2, 0.25) is 0 Å². The van der Waals surface area contributed by atoms with Crippen molar-refractivity contribution in [3.8, 4) is 0 Å². The van der Waals surface area contributed by atoms with E-state index < -0.39 is 17.7 Å². The summed E-state index contributed by atoms with van der Waals surface area (Å²) in [4.78, 5) is 32.6. The molecule has 0 saturated carbocycles. The second kappa shape index (κ2) is 10.6. The van der Waals surface area contributed by atoms with Crippen LogP contribution in [0.2, 0.25) is 0 Å². The van der Waals surface area contributed by atoms with Crippen molar-refractivity contribution in [2.45, 2.75) is 37.8 Å². The number of halogens is 2. The van der Waals surface area contributed by atoms with Gasteiger partial charge < -0.3 is 29.0 Å². The summed E-state index contributed by atoms with van der Waals surface area (Å²) < 4.78 is 40.2. The predicted octanol–water partition coefficient (Wildman–Crippen LogP) is 3.85. The van der Waals surface area contributed by atoms with E-state index in [0.29, 0.717) is 98.9 Å². The minimum absolute atomic E-state index is 0.219. The summed E-state index contributed by atoms with van der Waals surface area (Å²) in [6.07, 6.45) is 1.99. The standard InChI is InChI=1S/C29H31F2N3O5/c30-19-14-20(31)16-21(15-19)34-5-1-2-25(34)23-12-18(29(37)33-6-3-22(35)4-7-33)13-24-26(36)17-27(39-28(23)24)32-8-10-38-11-9-32/h12-17,22,25,35H,1-11H2. The van der Waals surface area contributed by atoms with Gasteiger partial charge >= 0.3 is 0 Å². The molecule has 10 heteroatoms. The van der Waals surface area contributed by atoms with Crippen molar-refractivity contribution in [1.29, 1.82) is 0 Å². The predicted molar refractivity (Wildman–Crippen MR) is 142 cm³/mol. The molecule has 1 amide bonds. The van der Waals surface area contributed by atoms with Gasteiger partial charge in [0, 0.05) is 61.7 Å². The molecule has 206 valence electrons. The average Bonchev–Trinajstić information content (AvgIpc) is 3.42. The molecule has 0 aliphatic carbocycles. The summed E-state index contributed by atoms with van der Waals surface area (Å²) in [6.45, 7) is 3.62. The first-order valence-electron chi connectivity index (χ1n) is 13.5. The molecule has 3 saturated heterocycles. The Morgan fingerprint density at radius 2 is 1.62 bits per heavy atom. The number of morpholine rings is 1. The van der Waals surface area contributed by atoms with E-state index in [4.69, 9.17) is 9.15 Å². The summed E-state index contributed by atoms with van der Waals surface area (Å²) in [5.41, 5.74) is 1.52. The Morgan fingerprint density at radius 3 is 2.33 bits per heavy atom. The summed E-state index contributed by atoms with van der Waals surface area (Å²) in [6, 6.07) is 7.89. The van der Waals surface area contributed by atoms with Crippen LogP contribution in [-0.4, -0.2) is 68.0 Å². The van der Waals surface area contributed by atoms with Gasteiger partial charge in [0.15, 0.2) is 11.3 Å². The van der Waals surface area contributed by atoms with Crippen molar-refractivity contribution >= 4 is 28.4 Å². The fourth-order valence-corrected chi connectivity index (χ4v) is 5.94. The van der Waals surface area contributed by atoms with E-state index in [-0.39, 0.29) is 17.4 Å². The lowest BCUT2D eigenvalue weighted by atomic mass is 9.96. The first kappa shape index (κ1) is 25.8. The largest absolute Gasteiger partial charge is 0.440 e. The summed E-state index contributed by atoms with van der Waals surface area (Å²) >= 11 is 0. The molecule has 0 bridgehead atoms. The number of hydrogen-bond donors (Lipinski definition) is 1. The van der Waals surface area contributed by atoms with Crippen molar-refractivity contribution in [1.82, 2.24) is 4.90 Å². The van der Waals surface area contributed by atoms with Crippen LogP contribution < -0.4 is 15.2 Å². The molecular formula is C29H31F2N3O5. The van der Waals surface area contributed by atoms with E-state index in [1.807, 2.05) is 9.80 Å². The minimum atomic E-state index is -0.669. The molecule has 0 radical (unpaired) electrons. The van der Waals surface area contributed by atoms with Crippen LogP contribution in [0, 0.1) is 11.6 Å². The fraction of sp³-hybridized carbons (Fsp3) is 0.448. The van der Waals surface area contributed by atoms with Crippen LogP contribution >= 0.6 is 0 Å². The van der Waals surface area contributed by atoms with Gasteiger partial charge in [0.05, 0.1) is 30.7 Å². The van der Waals surface area contributed by atoms with Gasteiger partial charge in [-0.25, -0.2) is 8.78 Å². The van der Waals surface area contributed by atoms with E-state index in [1.54, 1.807) is 17.0 Å². The molecular weight excluding hydrogens is 508 g/mol. The molecule has 1 unspecified atom stereocenters. The average molecular weight is 540 g/mol. The Bertz CT molecular complexity index is 1430. The molecule has 6 rings (SSSR count). The number of piperidine rings is 1. The summed E-state index contributed by atoms with van der Waals surface area (Å²) in [5, 5.41) is 10.2. The lowest BCUT2D eigenvalue weighted by Crippen LogP contribution is -2.40. The highest BCUT2D eigenvalue weighted by atomic mass is 19.1. The number of aliphatic hydroxyl groups is 1. The van der Waals surface area contributed by atoms with E-state index in [9.17, 15) is 23.5 Å². The van der Waals surface area contributed by atoms with Gasteiger partial charge in [0.25, 0.3) is 5.91 Å². The number of ether oxygens (including phenoxy) is 1. The Hall–Kier alpha value is -3.50. The number of nitrogens with zero attached hydrogens (tertiary/aromatic N) is 3. The Labute approximate surface area is 224 Å². The number of fused-ring (bicyclic) bond motifs is 1. The Morgan fingerprint density at radius 1 is 0.897 bits per heavy atom. The van der Waals surface area contributed by atoms with Gasteiger partial charge in [-0.1, -0.05) is 0 Å². The maximum absolute atomic E-state index is 14.2. The number of hydrogen-bond acceptors (Lipinski definition) is 7. The first-order valence-corrected chi connectivity index (χ1v) is 13.5. The molecule has 0 spiro atoms. The molecule has 3 aliphatic heterocycles. The van der Waals surface area contributed by atoms with Crippen molar-refractivity contribution in [3.63, 3.8) is 0 Å². The maximum atomic E-state index is 14.2. The maximum Gasteiger partial charge on any atom is 0.253 e. The smallest absolute Gasteiger partial charge is 0.253 e. The molecule has 39 heavy (non-hydrogen) atoms. The molecule has 3 aromatic rings. The third-order valence-electron chi connectivity index (χ3n) is 7.96. The zero-order valence-electron chi connectivity index (χ0n) is 21.6.